The van der Waals surface area contributed by atoms with Gasteiger partial charge in [-0.3, -0.25) is 9.59 Å². The summed E-state index contributed by atoms with van der Waals surface area (Å²) >= 11 is 0. The molecule has 0 fully saturated rings. The minimum Gasteiger partial charge on any atom is -0.508 e. The highest BCUT2D eigenvalue weighted by molar-refractivity contribution is 6.05. The Morgan fingerprint density at radius 2 is 0.512 bits per heavy atom. The van der Waals surface area contributed by atoms with E-state index in [2.05, 4.69) is 10.6 Å². The summed E-state index contributed by atoms with van der Waals surface area (Å²) in [4.78, 5) is 49.2. The summed E-state index contributed by atoms with van der Waals surface area (Å²) in [5.74, 6) is 4.22. The third kappa shape index (κ3) is 13.2. The first-order valence-electron chi connectivity index (χ1n) is 26.3. The number of fused-ring (bicyclic) bond motifs is 4. The Hall–Kier alpha value is -11.6. The molecule has 0 atom stereocenters. The number of carbonyl (C=O) groups excluding carboxylic acids is 4. The first kappa shape index (κ1) is 54.3. The number of phenols is 2. The van der Waals surface area contributed by atoms with Gasteiger partial charge in [-0.25, -0.2) is 9.59 Å². The van der Waals surface area contributed by atoms with Gasteiger partial charge in [0.2, 0.25) is 0 Å². The third-order valence-corrected chi connectivity index (χ3v) is 13.5. The highest BCUT2D eigenvalue weighted by Crippen LogP contribution is 2.33. The average Bonchev–Trinajstić information content (AvgIpc) is 3.56. The molecule has 0 aromatic heterocycles. The molecule has 0 bridgehead atoms. The van der Waals surface area contributed by atoms with E-state index in [9.17, 15) is 29.4 Å². The highest BCUT2D eigenvalue weighted by Gasteiger charge is 2.13. The fourth-order valence-electron chi connectivity index (χ4n) is 9.13. The van der Waals surface area contributed by atoms with Crippen LogP contribution in [0.1, 0.15) is 41.4 Å². The molecule has 14 heteroatoms. The van der Waals surface area contributed by atoms with Crippen molar-refractivity contribution in [2.24, 2.45) is 0 Å². The van der Waals surface area contributed by atoms with Gasteiger partial charge < -0.3 is 49.3 Å². The lowest BCUT2D eigenvalue weighted by molar-refractivity contribution is 0.0592. The van der Waals surface area contributed by atoms with Gasteiger partial charge in [-0.2, -0.15) is 0 Å². The van der Waals surface area contributed by atoms with E-state index in [-0.39, 0.29) is 35.3 Å². The van der Waals surface area contributed by atoms with Crippen molar-refractivity contribution in [1.29, 1.82) is 0 Å². The summed E-state index contributed by atoms with van der Waals surface area (Å²) in [6.45, 7) is 0. The number of hydrogen-bond donors (Lipinski definition) is 4. The van der Waals surface area contributed by atoms with Crippen molar-refractivity contribution in [3.8, 4) is 57.5 Å². The second kappa shape index (κ2) is 24.4. The number of esters is 2. The van der Waals surface area contributed by atoms with E-state index in [4.69, 9.17) is 28.4 Å². The van der Waals surface area contributed by atoms with Crippen molar-refractivity contribution in [2.45, 2.75) is 0 Å². The van der Waals surface area contributed by atoms with Gasteiger partial charge >= 0.3 is 11.9 Å². The molecular formula is C70H50N2O12. The Morgan fingerprint density at radius 1 is 0.274 bits per heavy atom. The fraction of sp³-hybridized carbons (Fsp3) is 0.0286. The lowest BCUT2D eigenvalue weighted by atomic mass is 10.1. The number of amides is 2. The predicted octanol–water partition coefficient (Wildman–Crippen LogP) is 16.6. The zero-order chi connectivity index (χ0) is 58.1. The molecule has 84 heavy (non-hydrogen) atoms. The molecule has 12 aromatic carbocycles. The van der Waals surface area contributed by atoms with Gasteiger partial charge in [-0.05, 0) is 237 Å². The third-order valence-electron chi connectivity index (χ3n) is 13.5. The van der Waals surface area contributed by atoms with Crippen LogP contribution < -0.4 is 29.6 Å². The van der Waals surface area contributed by atoms with Crippen LogP contribution in [-0.4, -0.2) is 48.2 Å². The number of benzene rings is 12. The Balaban J connectivity index is 0.000000177. The van der Waals surface area contributed by atoms with Crippen LogP contribution in [0.5, 0.6) is 57.5 Å². The quantitative estimate of drug-likeness (QED) is 0.0756. The smallest absolute Gasteiger partial charge is 0.337 e. The topological polar surface area (TPSA) is 188 Å². The number of rotatable bonds is 14. The molecule has 0 saturated heterocycles. The molecule has 0 saturated carbocycles. The maximum atomic E-state index is 12.9. The van der Waals surface area contributed by atoms with Gasteiger partial charge in [0.25, 0.3) is 11.8 Å². The highest BCUT2D eigenvalue weighted by atomic mass is 16.5. The molecule has 12 rings (SSSR count). The number of hydrogen-bond acceptors (Lipinski definition) is 12. The Kier molecular flexibility index (Phi) is 15.8. The number of anilines is 2. The molecule has 0 spiro atoms. The zero-order valence-corrected chi connectivity index (χ0v) is 45.1. The van der Waals surface area contributed by atoms with E-state index in [0.717, 1.165) is 43.1 Å². The summed E-state index contributed by atoms with van der Waals surface area (Å²) in [6, 6.07) is 71.4. The number of phenolic OH excluding ortho intramolecular Hbond substituents is 2. The minimum absolute atomic E-state index is 0.221. The second-order valence-corrected chi connectivity index (χ2v) is 19.2. The SMILES string of the molecule is COC(=O)c1ccc2cc(Oc3ccc(NC(=O)c4ccc(Oc5ccc6cc(C(=O)OC)ccc6c5)cc4)cc3)ccc2c1.O=C(Nc1ccc(Oc2ccc3cc(O)ccc3c2)cc1)c1ccc(Oc2ccc3cc(O)ccc3c2)cc1. The van der Waals surface area contributed by atoms with Gasteiger partial charge in [0.1, 0.15) is 57.5 Å². The first-order valence-corrected chi connectivity index (χ1v) is 26.3. The maximum absolute atomic E-state index is 12.9. The van der Waals surface area contributed by atoms with Crippen LogP contribution in [-0.2, 0) is 9.47 Å². The molecule has 0 radical (unpaired) electrons. The van der Waals surface area contributed by atoms with Gasteiger partial charge in [-0.1, -0.05) is 48.5 Å². The number of methoxy groups -OCH3 is 2. The van der Waals surface area contributed by atoms with E-state index in [1.165, 1.54) is 14.2 Å². The summed E-state index contributed by atoms with van der Waals surface area (Å²) in [5, 5.41) is 32.4. The van der Waals surface area contributed by atoms with Crippen molar-refractivity contribution >= 4 is 78.2 Å². The van der Waals surface area contributed by atoms with Crippen molar-refractivity contribution in [1.82, 2.24) is 0 Å². The summed E-state index contributed by atoms with van der Waals surface area (Å²) < 4.78 is 33.5. The average molecular weight is 1110 g/mol. The van der Waals surface area contributed by atoms with Crippen LogP contribution in [0.2, 0.25) is 0 Å². The lowest BCUT2D eigenvalue weighted by Crippen LogP contribution is -2.11. The van der Waals surface area contributed by atoms with Crippen LogP contribution in [0.3, 0.4) is 0 Å². The molecule has 0 aliphatic carbocycles. The van der Waals surface area contributed by atoms with Crippen molar-refractivity contribution in [3.05, 3.63) is 265 Å². The monoisotopic (exact) mass is 1110 g/mol. The molecule has 0 unspecified atom stereocenters. The van der Waals surface area contributed by atoms with Crippen LogP contribution in [0.4, 0.5) is 11.4 Å². The van der Waals surface area contributed by atoms with Gasteiger partial charge in [0.15, 0.2) is 0 Å². The van der Waals surface area contributed by atoms with Crippen LogP contribution in [0, 0.1) is 0 Å². The standard InChI is InChI=1S/C37H27NO7.C33H23NO5/c1-42-36(40)28-5-3-26-21-33(15-9-24(26)19-28)44-31-13-7-23(8-14-31)35(39)38-30-11-17-32(18-12-30)45-34-16-10-25-20-29(37(41)43-2)6-4-27(25)22-34;35-27-9-1-24-19-31(13-5-22(24)17-27)38-29-11-3-21(4-12-29)33(37)34-26-7-15-30(16-8-26)39-32-14-6-23-18-28(36)10-2-25(23)20-32/h3-22H,1-2H3,(H,38,39);1-20,35-36H,(H,34,37). The van der Waals surface area contributed by atoms with Crippen LogP contribution >= 0.6 is 0 Å². The van der Waals surface area contributed by atoms with E-state index in [1.807, 2.05) is 97.1 Å². The second-order valence-electron chi connectivity index (χ2n) is 19.2. The molecule has 14 nitrogen and oxygen atoms in total. The Labute approximate surface area is 481 Å². The molecule has 412 valence electrons. The van der Waals surface area contributed by atoms with E-state index >= 15 is 0 Å². The number of aromatic hydroxyl groups is 2. The van der Waals surface area contributed by atoms with E-state index in [1.54, 1.807) is 146 Å². The molecule has 2 amide bonds. The van der Waals surface area contributed by atoms with E-state index < -0.39 is 0 Å². The summed E-state index contributed by atoms with van der Waals surface area (Å²) in [6.07, 6.45) is 0. The van der Waals surface area contributed by atoms with Crippen molar-refractivity contribution in [2.75, 3.05) is 24.9 Å². The number of nitrogens with one attached hydrogen (secondary N) is 2. The number of carbonyl (C=O) groups is 4. The predicted molar refractivity (Wildman–Crippen MR) is 324 cm³/mol. The molecule has 12 aromatic rings. The summed E-state index contributed by atoms with van der Waals surface area (Å²) in [7, 11) is 2.71. The van der Waals surface area contributed by atoms with Crippen LogP contribution in [0.25, 0.3) is 43.1 Å². The minimum atomic E-state index is -0.385. The Bertz CT molecular complexity index is 4430. The van der Waals surface area contributed by atoms with Gasteiger partial charge in [-0.15, -0.1) is 0 Å². The van der Waals surface area contributed by atoms with Crippen molar-refractivity contribution in [3.63, 3.8) is 0 Å². The number of ether oxygens (including phenoxy) is 6. The molecule has 0 heterocycles. The van der Waals surface area contributed by atoms with Crippen molar-refractivity contribution < 1.29 is 57.8 Å². The zero-order valence-electron chi connectivity index (χ0n) is 45.1. The molecule has 0 aliphatic rings. The fourth-order valence-corrected chi connectivity index (χ4v) is 9.13. The van der Waals surface area contributed by atoms with Crippen LogP contribution in [0.15, 0.2) is 243 Å². The Morgan fingerprint density at radius 3 is 0.821 bits per heavy atom. The normalized spacial score (nSPS) is 10.8. The molecular weight excluding hydrogens is 1060 g/mol. The van der Waals surface area contributed by atoms with Gasteiger partial charge in [0.05, 0.1) is 25.3 Å². The molecule has 4 N–H and O–H groups in total. The molecule has 0 aliphatic heterocycles. The summed E-state index contributed by atoms with van der Waals surface area (Å²) in [5.41, 5.74) is 3.20. The first-order chi connectivity index (χ1) is 40.9. The van der Waals surface area contributed by atoms with Gasteiger partial charge in [0, 0.05) is 22.5 Å². The largest absolute Gasteiger partial charge is 0.508 e. The van der Waals surface area contributed by atoms with E-state index in [0.29, 0.717) is 79.6 Å². The lowest BCUT2D eigenvalue weighted by Gasteiger charge is -2.10. The maximum Gasteiger partial charge on any atom is 0.337 e.